The van der Waals surface area contributed by atoms with Gasteiger partial charge in [-0.2, -0.15) is 0 Å². The fraction of sp³-hybridized carbons (Fsp3) is 0.412. The summed E-state index contributed by atoms with van der Waals surface area (Å²) in [5.41, 5.74) is 2.32. The molecule has 0 spiro atoms. The van der Waals surface area contributed by atoms with Crippen LogP contribution in [0.4, 0.5) is 5.69 Å². The van der Waals surface area contributed by atoms with Crippen LogP contribution >= 0.6 is 15.9 Å². The number of hydrogen-bond donors (Lipinski definition) is 1. The van der Waals surface area contributed by atoms with Gasteiger partial charge in [0.15, 0.2) is 0 Å². The zero-order valence-corrected chi connectivity index (χ0v) is 14.2. The second kappa shape index (κ2) is 7.09. The van der Waals surface area contributed by atoms with E-state index < -0.39 is 0 Å². The molecule has 2 aromatic rings. The van der Waals surface area contributed by atoms with Gasteiger partial charge < -0.3 is 10.1 Å². The Hall–Kier alpha value is -1.62. The number of halogens is 1. The first kappa shape index (κ1) is 15.3. The van der Waals surface area contributed by atoms with Crippen LogP contribution in [0.15, 0.2) is 41.3 Å². The first-order chi connectivity index (χ1) is 10.8. The van der Waals surface area contributed by atoms with Crippen molar-refractivity contribution < 1.29 is 4.74 Å². The molecule has 0 radical (unpaired) electrons. The lowest BCUT2D eigenvalue weighted by Gasteiger charge is -2.30. The van der Waals surface area contributed by atoms with E-state index in [0.717, 1.165) is 23.0 Å². The first-order valence-electron chi connectivity index (χ1n) is 7.62. The molecule has 2 aromatic heterocycles. The number of rotatable bonds is 4. The van der Waals surface area contributed by atoms with Crippen molar-refractivity contribution in [2.45, 2.75) is 37.6 Å². The number of pyridine rings is 2. The van der Waals surface area contributed by atoms with Crippen LogP contribution in [0.1, 0.15) is 37.2 Å². The predicted molar refractivity (Wildman–Crippen MR) is 91.3 cm³/mol. The van der Waals surface area contributed by atoms with Crippen molar-refractivity contribution in [1.29, 1.82) is 0 Å². The molecule has 1 aliphatic rings. The Bertz CT molecular complexity index is 613. The fourth-order valence-electron chi connectivity index (χ4n) is 3.10. The Kier molecular flexibility index (Phi) is 4.93. The SMILES string of the molecule is COc1ncc(Br)cc1NC1CCC(c2cccnc2)CC1. The Morgan fingerprint density at radius 3 is 2.73 bits per heavy atom. The highest BCUT2D eigenvalue weighted by atomic mass is 79.9. The van der Waals surface area contributed by atoms with Crippen molar-refractivity contribution in [3.63, 3.8) is 0 Å². The van der Waals surface area contributed by atoms with Crippen molar-refractivity contribution in [3.05, 3.63) is 46.8 Å². The van der Waals surface area contributed by atoms with Gasteiger partial charge in [-0.1, -0.05) is 6.07 Å². The Morgan fingerprint density at radius 1 is 1.23 bits per heavy atom. The van der Waals surface area contributed by atoms with Gasteiger partial charge >= 0.3 is 0 Å². The van der Waals surface area contributed by atoms with E-state index in [4.69, 9.17) is 4.74 Å². The van der Waals surface area contributed by atoms with Crippen LogP contribution in [-0.4, -0.2) is 23.1 Å². The van der Waals surface area contributed by atoms with E-state index >= 15 is 0 Å². The zero-order valence-electron chi connectivity index (χ0n) is 12.6. The summed E-state index contributed by atoms with van der Waals surface area (Å²) in [7, 11) is 1.65. The second-order valence-corrected chi connectivity index (χ2v) is 6.61. The van der Waals surface area contributed by atoms with Crippen LogP contribution in [-0.2, 0) is 0 Å². The van der Waals surface area contributed by atoms with E-state index in [0.29, 0.717) is 17.8 Å². The summed E-state index contributed by atoms with van der Waals surface area (Å²) in [6, 6.07) is 6.71. The fourth-order valence-corrected chi connectivity index (χ4v) is 3.43. The summed E-state index contributed by atoms with van der Waals surface area (Å²) in [6.45, 7) is 0. The molecular weight excluding hydrogens is 342 g/mol. The minimum Gasteiger partial charge on any atom is -0.480 e. The van der Waals surface area contributed by atoms with Gasteiger partial charge in [0, 0.05) is 29.1 Å². The smallest absolute Gasteiger partial charge is 0.237 e. The first-order valence-corrected chi connectivity index (χ1v) is 8.41. The number of methoxy groups -OCH3 is 1. The van der Waals surface area contributed by atoms with Gasteiger partial charge in [-0.25, -0.2) is 4.98 Å². The summed E-state index contributed by atoms with van der Waals surface area (Å²) in [6.07, 6.45) is 10.3. The van der Waals surface area contributed by atoms with Crippen molar-refractivity contribution in [2.24, 2.45) is 0 Å². The van der Waals surface area contributed by atoms with Crippen LogP contribution < -0.4 is 10.1 Å². The lowest BCUT2D eigenvalue weighted by atomic mass is 9.82. The highest BCUT2D eigenvalue weighted by Gasteiger charge is 2.23. The average molecular weight is 362 g/mol. The molecule has 3 rings (SSSR count). The molecule has 4 nitrogen and oxygen atoms in total. The highest BCUT2D eigenvalue weighted by Crippen LogP contribution is 2.35. The zero-order chi connectivity index (χ0) is 15.4. The third-order valence-electron chi connectivity index (χ3n) is 4.25. The molecule has 0 saturated heterocycles. The average Bonchev–Trinajstić information content (AvgIpc) is 2.57. The molecule has 0 aromatic carbocycles. The number of nitrogens with one attached hydrogen (secondary N) is 1. The standard InChI is InChI=1S/C17H20BrN3O/c1-22-17-16(9-14(18)11-20-17)21-15-6-4-12(5-7-15)13-3-2-8-19-10-13/h2-3,8-12,15,21H,4-7H2,1H3. The second-order valence-electron chi connectivity index (χ2n) is 5.69. The van der Waals surface area contributed by atoms with Gasteiger partial charge in [0.2, 0.25) is 5.88 Å². The summed E-state index contributed by atoms with van der Waals surface area (Å²) in [5.74, 6) is 1.28. The Morgan fingerprint density at radius 2 is 2.05 bits per heavy atom. The van der Waals surface area contributed by atoms with Gasteiger partial charge in [-0.3, -0.25) is 4.98 Å². The molecule has 0 unspecified atom stereocenters. The number of ether oxygens (including phenoxy) is 1. The van der Waals surface area contributed by atoms with Crippen molar-refractivity contribution in [3.8, 4) is 5.88 Å². The van der Waals surface area contributed by atoms with E-state index in [1.807, 2.05) is 24.5 Å². The van der Waals surface area contributed by atoms with E-state index in [1.54, 1.807) is 13.3 Å². The van der Waals surface area contributed by atoms with Crippen LogP contribution in [0, 0.1) is 0 Å². The quantitative estimate of drug-likeness (QED) is 0.877. The lowest BCUT2D eigenvalue weighted by molar-refractivity contribution is 0.392. The predicted octanol–water partition coefficient (Wildman–Crippen LogP) is 4.39. The molecule has 0 atom stereocenters. The maximum absolute atomic E-state index is 5.33. The number of nitrogens with zero attached hydrogens (tertiary/aromatic N) is 2. The van der Waals surface area contributed by atoms with Gasteiger partial charge in [-0.05, 0) is 65.2 Å². The van der Waals surface area contributed by atoms with Crippen molar-refractivity contribution >= 4 is 21.6 Å². The molecule has 0 aliphatic heterocycles. The van der Waals surface area contributed by atoms with Gasteiger partial charge in [0.1, 0.15) is 0 Å². The van der Waals surface area contributed by atoms with Crippen molar-refractivity contribution in [1.82, 2.24) is 9.97 Å². The molecular formula is C17H20BrN3O. The molecule has 22 heavy (non-hydrogen) atoms. The summed E-state index contributed by atoms with van der Waals surface area (Å²) < 4.78 is 6.29. The molecule has 0 amide bonds. The molecule has 1 aliphatic carbocycles. The third kappa shape index (κ3) is 3.58. The summed E-state index contributed by atoms with van der Waals surface area (Å²) >= 11 is 3.47. The summed E-state index contributed by atoms with van der Waals surface area (Å²) in [5, 5.41) is 3.58. The minimum atomic E-state index is 0.470. The van der Waals surface area contributed by atoms with E-state index in [2.05, 4.69) is 37.3 Å². The number of hydrogen-bond acceptors (Lipinski definition) is 4. The van der Waals surface area contributed by atoms with Gasteiger partial charge in [0.05, 0.1) is 12.8 Å². The van der Waals surface area contributed by atoms with Crippen LogP contribution in [0.5, 0.6) is 5.88 Å². The summed E-state index contributed by atoms with van der Waals surface area (Å²) in [4.78, 5) is 8.52. The van der Waals surface area contributed by atoms with Crippen molar-refractivity contribution in [2.75, 3.05) is 12.4 Å². The van der Waals surface area contributed by atoms with Gasteiger partial charge in [-0.15, -0.1) is 0 Å². The van der Waals surface area contributed by atoms with Crippen LogP contribution in [0.3, 0.4) is 0 Å². The molecule has 1 N–H and O–H groups in total. The van der Waals surface area contributed by atoms with Crippen LogP contribution in [0.2, 0.25) is 0 Å². The number of aromatic nitrogens is 2. The maximum Gasteiger partial charge on any atom is 0.237 e. The monoisotopic (exact) mass is 361 g/mol. The topological polar surface area (TPSA) is 47.0 Å². The number of anilines is 1. The molecule has 5 heteroatoms. The Labute approximate surface area is 139 Å². The normalized spacial score (nSPS) is 21.4. The molecule has 2 heterocycles. The van der Waals surface area contributed by atoms with E-state index in [1.165, 1.54) is 18.4 Å². The Balaban J connectivity index is 1.62. The highest BCUT2D eigenvalue weighted by molar-refractivity contribution is 9.10. The van der Waals surface area contributed by atoms with Gasteiger partial charge in [0.25, 0.3) is 0 Å². The van der Waals surface area contributed by atoms with E-state index in [-0.39, 0.29) is 0 Å². The van der Waals surface area contributed by atoms with E-state index in [9.17, 15) is 0 Å². The molecule has 1 saturated carbocycles. The molecule has 116 valence electrons. The van der Waals surface area contributed by atoms with Crippen LogP contribution in [0.25, 0.3) is 0 Å². The molecule has 0 bridgehead atoms. The minimum absolute atomic E-state index is 0.470. The molecule has 1 fully saturated rings. The maximum atomic E-state index is 5.33. The largest absolute Gasteiger partial charge is 0.480 e. The third-order valence-corrected chi connectivity index (χ3v) is 4.69. The lowest BCUT2D eigenvalue weighted by Crippen LogP contribution is -2.25.